The Labute approximate surface area is 167 Å². The van der Waals surface area contributed by atoms with Gasteiger partial charge in [0.15, 0.2) is 5.69 Å². The topological polar surface area (TPSA) is 73.2 Å². The summed E-state index contributed by atoms with van der Waals surface area (Å²) >= 11 is 6.22. The lowest BCUT2D eigenvalue weighted by atomic mass is 10.2. The Balaban J connectivity index is 1.70. The monoisotopic (exact) mass is 397 g/mol. The molecule has 7 heteroatoms. The summed E-state index contributed by atoms with van der Waals surface area (Å²) in [7, 11) is 0. The number of aryl methyl sites for hydroxylation is 2. The lowest BCUT2D eigenvalue weighted by molar-refractivity contribution is 0.0939. The number of amides is 1. The third-order valence-corrected chi connectivity index (χ3v) is 4.37. The third kappa shape index (κ3) is 4.58. The van der Waals surface area contributed by atoms with E-state index in [0.717, 1.165) is 11.3 Å². The van der Waals surface area contributed by atoms with E-state index in [9.17, 15) is 9.59 Å². The predicted octanol–water partition coefficient (Wildman–Crippen LogP) is 3.31. The first-order valence-electron chi connectivity index (χ1n) is 8.79. The summed E-state index contributed by atoms with van der Waals surface area (Å²) in [6, 6.07) is 16.1. The standard InChI is InChI=1S/C21H20ClN3O3/c1-14-6-5-7-16(12-14)28-11-10-23-21(27)20-19(26)13-15(2)25(24-20)18-9-4-3-8-17(18)22/h3-9,12-13H,10-11H2,1-2H3,(H,23,27). The fourth-order valence-electron chi connectivity index (χ4n) is 2.69. The van der Waals surface area contributed by atoms with Crippen LogP contribution in [-0.4, -0.2) is 28.8 Å². The van der Waals surface area contributed by atoms with Crippen LogP contribution in [0.1, 0.15) is 21.7 Å². The predicted molar refractivity (Wildman–Crippen MR) is 109 cm³/mol. The van der Waals surface area contributed by atoms with Crippen LogP contribution in [0.3, 0.4) is 0 Å². The number of rotatable bonds is 6. The molecule has 3 aromatic rings. The highest BCUT2D eigenvalue weighted by Crippen LogP contribution is 2.19. The second-order valence-corrected chi connectivity index (χ2v) is 6.69. The molecule has 28 heavy (non-hydrogen) atoms. The van der Waals surface area contributed by atoms with Gasteiger partial charge in [0.2, 0.25) is 5.43 Å². The maximum Gasteiger partial charge on any atom is 0.275 e. The van der Waals surface area contributed by atoms with E-state index >= 15 is 0 Å². The van der Waals surface area contributed by atoms with Gasteiger partial charge >= 0.3 is 0 Å². The van der Waals surface area contributed by atoms with Crippen molar-refractivity contribution in [3.05, 3.63) is 86.8 Å². The molecular weight excluding hydrogens is 378 g/mol. The number of para-hydroxylation sites is 1. The molecule has 0 saturated heterocycles. The SMILES string of the molecule is Cc1cccc(OCCNC(=O)c2nn(-c3ccccc3Cl)c(C)cc2=O)c1. The molecule has 0 spiro atoms. The number of nitrogens with one attached hydrogen (secondary N) is 1. The van der Waals surface area contributed by atoms with Crippen molar-refractivity contribution in [1.82, 2.24) is 15.1 Å². The van der Waals surface area contributed by atoms with Gasteiger partial charge in [-0.1, -0.05) is 35.9 Å². The van der Waals surface area contributed by atoms with E-state index < -0.39 is 11.3 Å². The zero-order valence-electron chi connectivity index (χ0n) is 15.6. The average Bonchev–Trinajstić information content (AvgIpc) is 2.66. The van der Waals surface area contributed by atoms with Gasteiger partial charge in [-0.15, -0.1) is 0 Å². The number of carbonyl (C=O) groups is 1. The minimum absolute atomic E-state index is 0.193. The Morgan fingerprint density at radius 3 is 2.68 bits per heavy atom. The molecule has 1 N–H and O–H groups in total. The molecule has 0 aliphatic carbocycles. The first kappa shape index (κ1) is 19.6. The molecule has 144 valence electrons. The summed E-state index contributed by atoms with van der Waals surface area (Å²) in [6.45, 7) is 4.23. The van der Waals surface area contributed by atoms with Crippen molar-refractivity contribution < 1.29 is 9.53 Å². The Kier molecular flexibility index (Phi) is 6.11. The highest BCUT2D eigenvalue weighted by molar-refractivity contribution is 6.32. The van der Waals surface area contributed by atoms with Crippen molar-refractivity contribution in [1.29, 1.82) is 0 Å². The fourth-order valence-corrected chi connectivity index (χ4v) is 2.91. The van der Waals surface area contributed by atoms with Crippen LogP contribution in [0.4, 0.5) is 0 Å². The van der Waals surface area contributed by atoms with Gasteiger partial charge in [-0.2, -0.15) is 5.10 Å². The van der Waals surface area contributed by atoms with Gasteiger partial charge in [-0.25, -0.2) is 4.68 Å². The van der Waals surface area contributed by atoms with Crippen LogP contribution < -0.4 is 15.5 Å². The second-order valence-electron chi connectivity index (χ2n) is 6.28. The minimum atomic E-state index is -0.557. The summed E-state index contributed by atoms with van der Waals surface area (Å²) < 4.78 is 7.08. The normalized spacial score (nSPS) is 10.5. The molecule has 1 heterocycles. The molecule has 3 rings (SSSR count). The molecule has 0 atom stereocenters. The number of halogens is 1. The van der Waals surface area contributed by atoms with E-state index in [1.54, 1.807) is 25.1 Å². The largest absolute Gasteiger partial charge is 0.492 e. The van der Waals surface area contributed by atoms with Crippen molar-refractivity contribution in [3.63, 3.8) is 0 Å². The van der Waals surface area contributed by atoms with E-state index in [-0.39, 0.29) is 18.8 Å². The summed E-state index contributed by atoms with van der Waals surface area (Å²) in [6.07, 6.45) is 0. The van der Waals surface area contributed by atoms with Crippen molar-refractivity contribution in [2.75, 3.05) is 13.2 Å². The zero-order chi connectivity index (χ0) is 20.1. The van der Waals surface area contributed by atoms with E-state index in [0.29, 0.717) is 16.4 Å². The molecule has 0 radical (unpaired) electrons. The van der Waals surface area contributed by atoms with Gasteiger partial charge in [0.25, 0.3) is 5.91 Å². The summed E-state index contributed by atoms with van der Waals surface area (Å²) in [5.41, 5.74) is 1.63. The third-order valence-electron chi connectivity index (χ3n) is 4.05. The number of benzene rings is 2. The number of nitrogens with zero attached hydrogens (tertiary/aromatic N) is 2. The fraction of sp³-hybridized carbons (Fsp3) is 0.190. The lowest BCUT2D eigenvalue weighted by Crippen LogP contribution is -2.34. The molecule has 0 saturated carbocycles. The molecule has 1 amide bonds. The van der Waals surface area contributed by atoms with Gasteiger partial charge in [0, 0.05) is 11.8 Å². The number of aromatic nitrogens is 2. The Hall–Kier alpha value is -3.12. The molecule has 1 aromatic heterocycles. The van der Waals surface area contributed by atoms with Crippen molar-refractivity contribution in [3.8, 4) is 11.4 Å². The highest BCUT2D eigenvalue weighted by Gasteiger charge is 2.16. The van der Waals surface area contributed by atoms with Crippen molar-refractivity contribution in [2.45, 2.75) is 13.8 Å². The Morgan fingerprint density at radius 2 is 1.93 bits per heavy atom. The van der Waals surface area contributed by atoms with Crippen LogP contribution in [0.2, 0.25) is 5.02 Å². The molecule has 6 nitrogen and oxygen atoms in total. The van der Waals surface area contributed by atoms with E-state index in [2.05, 4.69) is 10.4 Å². The number of carbonyl (C=O) groups excluding carboxylic acids is 1. The van der Waals surface area contributed by atoms with E-state index in [1.165, 1.54) is 10.7 Å². The molecule has 0 aliphatic heterocycles. The zero-order valence-corrected chi connectivity index (χ0v) is 16.4. The minimum Gasteiger partial charge on any atom is -0.492 e. The maximum atomic E-state index is 12.4. The Morgan fingerprint density at radius 1 is 1.14 bits per heavy atom. The van der Waals surface area contributed by atoms with Gasteiger partial charge < -0.3 is 10.1 Å². The highest BCUT2D eigenvalue weighted by atomic mass is 35.5. The van der Waals surface area contributed by atoms with Crippen molar-refractivity contribution >= 4 is 17.5 Å². The molecular formula is C21H20ClN3O3. The number of ether oxygens (including phenoxy) is 1. The summed E-state index contributed by atoms with van der Waals surface area (Å²) in [4.78, 5) is 24.7. The van der Waals surface area contributed by atoms with Crippen LogP contribution in [0, 0.1) is 13.8 Å². The van der Waals surface area contributed by atoms with Crippen LogP contribution >= 0.6 is 11.6 Å². The summed E-state index contributed by atoms with van der Waals surface area (Å²) in [5.74, 6) is 0.169. The maximum absolute atomic E-state index is 12.4. The molecule has 2 aromatic carbocycles. The molecule has 0 bridgehead atoms. The first-order valence-corrected chi connectivity index (χ1v) is 9.17. The summed E-state index contributed by atoms with van der Waals surface area (Å²) in [5, 5.41) is 7.35. The van der Waals surface area contributed by atoms with Gasteiger partial charge in [-0.05, 0) is 43.7 Å². The average molecular weight is 398 g/mol. The molecule has 0 aliphatic rings. The number of hydrogen-bond acceptors (Lipinski definition) is 4. The van der Waals surface area contributed by atoms with Gasteiger partial charge in [-0.3, -0.25) is 9.59 Å². The molecule has 0 fully saturated rings. The van der Waals surface area contributed by atoms with Crippen LogP contribution in [-0.2, 0) is 0 Å². The quantitative estimate of drug-likeness (QED) is 0.647. The van der Waals surface area contributed by atoms with Crippen LogP contribution in [0.15, 0.2) is 59.4 Å². The number of hydrogen-bond donors (Lipinski definition) is 1. The van der Waals surface area contributed by atoms with Crippen LogP contribution in [0.5, 0.6) is 5.75 Å². The smallest absolute Gasteiger partial charge is 0.275 e. The second kappa shape index (κ2) is 8.71. The van der Waals surface area contributed by atoms with E-state index in [4.69, 9.17) is 16.3 Å². The lowest BCUT2D eigenvalue weighted by Gasteiger charge is -2.13. The first-order chi connectivity index (χ1) is 13.5. The molecule has 0 unspecified atom stereocenters. The van der Waals surface area contributed by atoms with Crippen LogP contribution in [0.25, 0.3) is 5.69 Å². The van der Waals surface area contributed by atoms with Gasteiger partial charge in [0.1, 0.15) is 12.4 Å². The van der Waals surface area contributed by atoms with Crippen molar-refractivity contribution in [2.24, 2.45) is 0 Å². The van der Waals surface area contributed by atoms with Gasteiger partial charge in [0.05, 0.1) is 17.3 Å². The van der Waals surface area contributed by atoms with E-state index in [1.807, 2.05) is 37.3 Å². The Bertz CT molecular complexity index is 1060.